The summed E-state index contributed by atoms with van der Waals surface area (Å²) < 4.78 is 8.55. The average Bonchev–Trinajstić information content (AvgIpc) is 2.25. The highest BCUT2D eigenvalue weighted by molar-refractivity contribution is 7.40. The number of benzene rings is 1. The Kier molecular flexibility index (Phi) is 8.27. The summed E-state index contributed by atoms with van der Waals surface area (Å²) in [5, 5.41) is 0. The van der Waals surface area contributed by atoms with Gasteiger partial charge in [0.1, 0.15) is 0 Å². The number of aliphatic imine (C=N–C) groups is 1. The summed E-state index contributed by atoms with van der Waals surface area (Å²) in [6.07, 6.45) is 2.87. The Morgan fingerprint density at radius 2 is 1.74 bits per heavy atom. The van der Waals surface area contributed by atoms with E-state index in [0.717, 1.165) is 6.42 Å². The first-order chi connectivity index (χ1) is 8.68. The van der Waals surface area contributed by atoms with Crippen molar-refractivity contribution in [2.45, 2.75) is 19.4 Å². The Bertz CT molecular complexity index is 409. The van der Waals surface area contributed by atoms with E-state index in [1.165, 1.54) is 5.56 Å². The molecule has 19 heavy (non-hydrogen) atoms. The van der Waals surface area contributed by atoms with Gasteiger partial charge in [0, 0.05) is 14.1 Å². The van der Waals surface area contributed by atoms with Gasteiger partial charge in [-0.15, -0.1) is 0 Å². The monoisotopic (exact) mass is 285 g/mol. The molecule has 7 heteroatoms. The van der Waals surface area contributed by atoms with Crippen LogP contribution in [-0.4, -0.2) is 31.4 Å². The molecule has 1 atom stereocenters. The molecule has 1 aromatic carbocycles. The van der Waals surface area contributed by atoms with E-state index < -0.39 is 7.82 Å². The topological polar surface area (TPSA) is 102 Å². The molecular weight excluding hydrogens is 267 g/mol. The fourth-order valence-electron chi connectivity index (χ4n) is 1.26. The Balaban J connectivity index is 0.000000555. The molecular formula is C12H18N2O4P-3. The van der Waals surface area contributed by atoms with Gasteiger partial charge in [-0.25, -0.2) is 0 Å². The van der Waals surface area contributed by atoms with E-state index in [-0.39, 0.29) is 0 Å². The highest BCUT2D eigenvalue weighted by Crippen LogP contribution is 2.04. The second-order valence-electron chi connectivity index (χ2n) is 4.21. The van der Waals surface area contributed by atoms with E-state index in [4.69, 9.17) is 19.2 Å². The maximum Gasteiger partial charge on any atom is 0.0848 e. The van der Waals surface area contributed by atoms with Crippen molar-refractivity contribution >= 4 is 14.2 Å². The summed E-state index contributed by atoms with van der Waals surface area (Å²) in [5.41, 5.74) is 1.34. The molecule has 0 amide bonds. The molecule has 0 heterocycles. The lowest BCUT2D eigenvalue weighted by atomic mass is 10.1. The normalized spacial score (nSPS) is 12.7. The number of hydrogen-bond acceptors (Lipinski definition) is 5. The Morgan fingerprint density at radius 3 is 2.16 bits per heavy atom. The van der Waals surface area contributed by atoms with E-state index in [9.17, 15) is 0 Å². The van der Waals surface area contributed by atoms with Crippen molar-refractivity contribution in [3.8, 4) is 0 Å². The molecule has 0 aliphatic heterocycles. The van der Waals surface area contributed by atoms with Crippen LogP contribution in [-0.2, 0) is 11.0 Å². The summed E-state index contributed by atoms with van der Waals surface area (Å²) in [6.45, 7) is 2.13. The first kappa shape index (κ1) is 17.8. The summed E-state index contributed by atoms with van der Waals surface area (Å²) >= 11 is 0. The summed E-state index contributed by atoms with van der Waals surface area (Å²) in [5.74, 6) is 0. The largest absolute Gasteiger partial charge is 0.822 e. The van der Waals surface area contributed by atoms with Crippen LogP contribution in [0.4, 0.5) is 0 Å². The van der Waals surface area contributed by atoms with Crippen LogP contribution in [0.5, 0.6) is 0 Å². The number of nitrogens with zero attached hydrogens (tertiary/aromatic N) is 2. The SMILES string of the molecule is CC(Cc1ccccc1)N=CN(C)C.O=P([O-])([O-])[O-]. The third kappa shape index (κ3) is 14.7. The Morgan fingerprint density at radius 1 is 1.26 bits per heavy atom. The quantitative estimate of drug-likeness (QED) is 0.417. The van der Waals surface area contributed by atoms with Crippen LogP contribution in [0.2, 0.25) is 0 Å². The van der Waals surface area contributed by atoms with Gasteiger partial charge in [-0.05, 0) is 18.9 Å². The van der Waals surface area contributed by atoms with Gasteiger partial charge in [0.2, 0.25) is 0 Å². The van der Waals surface area contributed by atoms with Crippen LogP contribution in [0.1, 0.15) is 12.5 Å². The molecule has 1 unspecified atom stereocenters. The molecule has 0 aliphatic carbocycles. The molecule has 0 radical (unpaired) electrons. The standard InChI is InChI=1S/C12H18N2.H3O4P/c1-11(13-10-14(2)3)9-12-7-5-4-6-8-12;1-5(2,3)4/h4-8,10-11H,9H2,1-3H3;(H3,1,2,3,4)/p-3. The molecule has 0 aliphatic rings. The summed E-state index contributed by atoms with van der Waals surface area (Å²) in [6, 6.07) is 10.8. The third-order valence-electron chi connectivity index (χ3n) is 1.93. The minimum absolute atomic E-state index is 0.347. The van der Waals surface area contributed by atoms with E-state index >= 15 is 0 Å². The van der Waals surface area contributed by atoms with Gasteiger partial charge in [-0.2, -0.15) is 7.82 Å². The second-order valence-corrected chi connectivity index (χ2v) is 5.11. The smallest absolute Gasteiger partial charge is 0.0848 e. The van der Waals surface area contributed by atoms with Gasteiger partial charge in [-0.1, -0.05) is 30.3 Å². The molecule has 1 aromatic rings. The molecule has 0 saturated heterocycles. The minimum Gasteiger partial charge on any atom is -0.822 e. The first-order valence-electron chi connectivity index (χ1n) is 5.65. The summed E-state index contributed by atoms with van der Waals surface area (Å²) in [7, 11) is -1.42. The molecule has 0 saturated carbocycles. The van der Waals surface area contributed by atoms with Gasteiger partial charge in [-0.3, -0.25) is 4.99 Å². The van der Waals surface area contributed by atoms with Crippen LogP contribution in [0.15, 0.2) is 35.3 Å². The highest BCUT2D eigenvalue weighted by atomic mass is 31.2. The van der Waals surface area contributed by atoms with E-state index in [1.807, 2.05) is 31.4 Å². The second kappa shape index (κ2) is 8.82. The zero-order chi connectivity index (χ0) is 14.9. The molecule has 6 nitrogen and oxygen atoms in total. The third-order valence-corrected chi connectivity index (χ3v) is 1.93. The zero-order valence-corrected chi connectivity index (χ0v) is 12.1. The van der Waals surface area contributed by atoms with Crippen molar-refractivity contribution in [1.29, 1.82) is 0 Å². The molecule has 108 valence electrons. The highest BCUT2D eigenvalue weighted by Gasteiger charge is 1.99. The first-order valence-corrected chi connectivity index (χ1v) is 7.11. The maximum atomic E-state index is 8.55. The maximum absolute atomic E-state index is 8.55. The van der Waals surface area contributed by atoms with Crippen molar-refractivity contribution in [3.63, 3.8) is 0 Å². The summed E-state index contributed by atoms with van der Waals surface area (Å²) in [4.78, 5) is 32.0. The molecule has 0 bridgehead atoms. The van der Waals surface area contributed by atoms with Crippen molar-refractivity contribution in [3.05, 3.63) is 35.9 Å². The fourth-order valence-corrected chi connectivity index (χ4v) is 1.26. The van der Waals surface area contributed by atoms with Crippen LogP contribution < -0.4 is 14.7 Å². The lowest BCUT2D eigenvalue weighted by molar-refractivity contribution is -0.432. The molecule has 0 spiro atoms. The van der Waals surface area contributed by atoms with Crippen LogP contribution in [0, 0.1) is 0 Å². The lowest BCUT2D eigenvalue weighted by Crippen LogP contribution is -2.24. The van der Waals surface area contributed by atoms with Crippen molar-refractivity contribution in [2.24, 2.45) is 4.99 Å². The molecule has 0 fully saturated rings. The van der Waals surface area contributed by atoms with Crippen molar-refractivity contribution in [2.75, 3.05) is 14.1 Å². The Labute approximate surface area is 113 Å². The lowest BCUT2D eigenvalue weighted by Gasteiger charge is -2.36. The van der Waals surface area contributed by atoms with Gasteiger partial charge < -0.3 is 24.1 Å². The molecule has 0 N–H and O–H groups in total. The Hall–Kier alpha value is -1.20. The number of rotatable bonds is 4. The van der Waals surface area contributed by atoms with E-state index in [1.54, 1.807) is 0 Å². The molecule has 1 rings (SSSR count). The van der Waals surface area contributed by atoms with Crippen LogP contribution >= 0.6 is 7.82 Å². The fraction of sp³-hybridized carbons (Fsp3) is 0.417. The number of hydrogen-bond donors (Lipinski definition) is 0. The number of phosphoric acid groups is 1. The molecule has 0 aromatic heterocycles. The van der Waals surface area contributed by atoms with Crippen LogP contribution in [0.3, 0.4) is 0 Å². The zero-order valence-electron chi connectivity index (χ0n) is 11.2. The minimum atomic E-state index is -5.39. The van der Waals surface area contributed by atoms with Crippen molar-refractivity contribution in [1.82, 2.24) is 4.90 Å². The van der Waals surface area contributed by atoms with E-state index in [0.29, 0.717) is 6.04 Å². The van der Waals surface area contributed by atoms with Crippen molar-refractivity contribution < 1.29 is 19.2 Å². The van der Waals surface area contributed by atoms with Crippen LogP contribution in [0.25, 0.3) is 0 Å². The predicted molar refractivity (Wildman–Crippen MR) is 69.4 cm³/mol. The van der Waals surface area contributed by atoms with Gasteiger partial charge in [0.05, 0.1) is 12.4 Å². The van der Waals surface area contributed by atoms with Gasteiger partial charge in [0.15, 0.2) is 0 Å². The van der Waals surface area contributed by atoms with Gasteiger partial charge in [0.25, 0.3) is 0 Å². The van der Waals surface area contributed by atoms with Gasteiger partial charge >= 0.3 is 0 Å². The average molecular weight is 285 g/mol. The van der Waals surface area contributed by atoms with E-state index in [2.05, 4.69) is 36.2 Å². The predicted octanol–water partition coefficient (Wildman–Crippen LogP) is -0.617.